The number of carbonyl (C=O) groups excluding carboxylic acids is 1. The molecule has 0 radical (unpaired) electrons. The Kier molecular flexibility index (Phi) is 7.47. The molecule has 0 aliphatic rings. The molecule has 0 spiro atoms. The maximum absolute atomic E-state index is 12.0. The summed E-state index contributed by atoms with van der Waals surface area (Å²) in [5.74, 6) is -1.75. The highest BCUT2D eigenvalue weighted by molar-refractivity contribution is 7.81. The van der Waals surface area contributed by atoms with Gasteiger partial charge in [0.05, 0.1) is 22.8 Å². The molecule has 118 valence electrons. The number of thiol groups is 1. The maximum atomic E-state index is 12.0. The van der Waals surface area contributed by atoms with Crippen molar-refractivity contribution in [3.05, 3.63) is 35.4 Å². The molecular formula is C16H20N2O3S. The molecule has 0 heterocycles. The highest BCUT2D eigenvalue weighted by Crippen LogP contribution is 2.11. The van der Waals surface area contributed by atoms with Crippen LogP contribution >= 0.6 is 12.6 Å². The zero-order valence-corrected chi connectivity index (χ0v) is 13.3. The molecule has 0 saturated heterocycles. The molecule has 6 heteroatoms. The SMILES string of the molecule is CCCC(CNC(=O)C(S)Cc1ccc(C#N)cc1)C(=O)O. The van der Waals surface area contributed by atoms with Crippen molar-refractivity contribution in [2.24, 2.45) is 5.92 Å². The van der Waals surface area contributed by atoms with Crippen LogP contribution in [0.15, 0.2) is 24.3 Å². The second kappa shape index (κ2) is 9.11. The van der Waals surface area contributed by atoms with E-state index in [2.05, 4.69) is 17.9 Å². The van der Waals surface area contributed by atoms with Gasteiger partial charge >= 0.3 is 5.97 Å². The van der Waals surface area contributed by atoms with E-state index in [0.29, 0.717) is 18.4 Å². The second-order valence-electron chi connectivity index (χ2n) is 5.10. The van der Waals surface area contributed by atoms with Gasteiger partial charge in [0, 0.05) is 6.54 Å². The van der Waals surface area contributed by atoms with E-state index in [1.54, 1.807) is 24.3 Å². The zero-order chi connectivity index (χ0) is 16.5. The molecule has 2 unspecified atom stereocenters. The third kappa shape index (κ3) is 5.78. The Morgan fingerprint density at radius 1 is 1.36 bits per heavy atom. The van der Waals surface area contributed by atoms with E-state index < -0.39 is 17.1 Å². The fourth-order valence-corrected chi connectivity index (χ4v) is 2.34. The Labute approximate surface area is 135 Å². The summed E-state index contributed by atoms with van der Waals surface area (Å²) in [6, 6.07) is 8.98. The lowest BCUT2D eigenvalue weighted by Gasteiger charge is -2.15. The number of nitrogens with zero attached hydrogens (tertiary/aromatic N) is 1. The van der Waals surface area contributed by atoms with Crippen LogP contribution in [0.5, 0.6) is 0 Å². The molecule has 0 bridgehead atoms. The number of benzene rings is 1. The molecule has 2 atom stereocenters. The van der Waals surface area contributed by atoms with Crippen molar-refractivity contribution < 1.29 is 14.7 Å². The summed E-state index contributed by atoms with van der Waals surface area (Å²) in [7, 11) is 0. The molecular weight excluding hydrogens is 300 g/mol. The van der Waals surface area contributed by atoms with Crippen molar-refractivity contribution in [1.29, 1.82) is 5.26 Å². The molecule has 0 aromatic heterocycles. The minimum Gasteiger partial charge on any atom is -0.481 e. The van der Waals surface area contributed by atoms with Gasteiger partial charge in [-0.1, -0.05) is 25.5 Å². The molecule has 2 N–H and O–H groups in total. The van der Waals surface area contributed by atoms with Gasteiger partial charge in [-0.15, -0.1) is 0 Å². The van der Waals surface area contributed by atoms with E-state index in [1.165, 1.54) is 0 Å². The lowest BCUT2D eigenvalue weighted by atomic mass is 10.0. The highest BCUT2D eigenvalue weighted by Gasteiger charge is 2.20. The number of hydrogen-bond donors (Lipinski definition) is 3. The lowest BCUT2D eigenvalue weighted by molar-refractivity contribution is -0.141. The van der Waals surface area contributed by atoms with Crippen molar-refractivity contribution >= 4 is 24.5 Å². The molecule has 0 aliphatic heterocycles. The first kappa shape index (κ1) is 18.1. The number of carboxylic acid groups (broad SMARTS) is 1. The fraction of sp³-hybridized carbons (Fsp3) is 0.438. The number of nitrogens with one attached hydrogen (secondary N) is 1. The smallest absolute Gasteiger partial charge is 0.308 e. The van der Waals surface area contributed by atoms with Gasteiger partial charge in [-0.25, -0.2) is 0 Å². The first-order valence-electron chi connectivity index (χ1n) is 7.15. The third-order valence-corrected chi connectivity index (χ3v) is 3.74. The van der Waals surface area contributed by atoms with Crippen LogP contribution < -0.4 is 5.32 Å². The summed E-state index contributed by atoms with van der Waals surface area (Å²) in [4.78, 5) is 23.0. The van der Waals surface area contributed by atoms with Crippen LogP contribution in [-0.4, -0.2) is 28.8 Å². The number of nitriles is 1. The molecule has 0 aliphatic carbocycles. The van der Waals surface area contributed by atoms with Crippen LogP contribution in [0.1, 0.15) is 30.9 Å². The number of amides is 1. The van der Waals surface area contributed by atoms with Crippen molar-refractivity contribution in [3.63, 3.8) is 0 Å². The molecule has 0 saturated carbocycles. The molecule has 22 heavy (non-hydrogen) atoms. The van der Waals surface area contributed by atoms with Gasteiger partial charge in [-0.2, -0.15) is 17.9 Å². The quantitative estimate of drug-likeness (QED) is 0.639. The van der Waals surface area contributed by atoms with Crippen molar-refractivity contribution in [1.82, 2.24) is 5.32 Å². The summed E-state index contributed by atoms with van der Waals surface area (Å²) in [6.45, 7) is 2.02. The minimum absolute atomic E-state index is 0.117. The predicted molar refractivity (Wildman–Crippen MR) is 86.7 cm³/mol. The largest absolute Gasteiger partial charge is 0.481 e. The van der Waals surface area contributed by atoms with E-state index >= 15 is 0 Å². The monoisotopic (exact) mass is 320 g/mol. The van der Waals surface area contributed by atoms with Gasteiger partial charge in [0.15, 0.2) is 0 Å². The Morgan fingerprint density at radius 2 is 2.00 bits per heavy atom. The van der Waals surface area contributed by atoms with Gasteiger partial charge in [0.1, 0.15) is 0 Å². The molecule has 1 aromatic carbocycles. The third-order valence-electron chi connectivity index (χ3n) is 3.32. The summed E-state index contributed by atoms with van der Waals surface area (Å²) >= 11 is 4.27. The molecule has 5 nitrogen and oxygen atoms in total. The Balaban J connectivity index is 2.50. The van der Waals surface area contributed by atoms with E-state index in [1.807, 2.05) is 13.0 Å². The summed E-state index contributed by atoms with van der Waals surface area (Å²) in [5, 5.41) is 19.9. The molecule has 1 aromatic rings. The van der Waals surface area contributed by atoms with Gasteiger partial charge in [0.25, 0.3) is 0 Å². The first-order chi connectivity index (χ1) is 10.5. The number of carbonyl (C=O) groups is 2. The lowest BCUT2D eigenvalue weighted by Crippen LogP contribution is -2.38. The van der Waals surface area contributed by atoms with Crippen molar-refractivity contribution in [2.75, 3.05) is 6.54 Å². The molecule has 0 fully saturated rings. The minimum atomic E-state index is -0.898. The zero-order valence-electron chi connectivity index (χ0n) is 12.5. The van der Waals surface area contributed by atoms with Crippen LogP contribution in [0, 0.1) is 17.2 Å². The van der Waals surface area contributed by atoms with Gasteiger partial charge in [-0.05, 0) is 30.5 Å². The van der Waals surface area contributed by atoms with Crippen LogP contribution in [0.3, 0.4) is 0 Å². The number of hydrogen-bond acceptors (Lipinski definition) is 4. The Hall–Kier alpha value is -2.00. The van der Waals surface area contributed by atoms with E-state index in [-0.39, 0.29) is 12.5 Å². The normalized spacial score (nSPS) is 13.0. The molecule has 1 amide bonds. The van der Waals surface area contributed by atoms with Crippen LogP contribution in [0.4, 0.5) is 0 Å². The van der Waals surface area contributed by atoms with Gasteiger partial charge in [-0.3, -0.25) is 9.59 Å². The van der Waals surface area contributed by atoms with E-state index in [0.717, 1.165) is 12.0 Å². The maximum Gasteiger partial charge on any atom is 0.308 e. The number of aliphatic carboxylic acids is 1. The number of carboxylic acids is 1. The van der Waals surface area contributed by atoms with Crippen molar-refractivity contribution in [2.45, 2.75) is 31.4 Å². The highest BCUT2D eigenvalue weighted by atomic mass is 32.1. The van der Waals surface area contributed by atoms with Crippen LogP contribution in [-0.2, 0) is 16.0 Å². The summed E-state index contributed by atoms with van der Waals surface area (Å²) < 4.78 is 0. The van der Waals surface area contributed by atoms with Crippen molar-refractivity contribution in [3.8, 4) is 6.07 Å². The fourth-order valence-electron chi connectivity index (χ4n) is 2.03. The van der Waals surface area contributed by atoms with Crippen LogP contribution in [0.2, 0.25) is 0 Å². The van der Waals surface area contributed by atoms with E-state index in [9.17, 15) is 9.59 Å². The predicted octanol–water partition coefficient (Wildman–Crippen LogP) is 2.02. The first-order valence-corrected chi connectivity index (χ1v) is 7.67. The van der Waals surface area contributed by atoms with Gasteiger partial charge in [0.2, 0.25) is 5.91 Å². The topological polar surface area (TPSA) is 90.2 Å². The summed E-state index contributed by atoms with van der Waals surface area (Å²) in [5.41, 5.74) is 1.46. The summed E-state index contributed by atoms with van der Waals surface area (Å²) in [6.07, 6.45) is 1.71. The van der Waals surface area contributed by atoms with Crippen LogP contribution in [0.25, 0.3) is 0 Å². The molecule has 1 rings (SSSR count). The standard InChI is InChI=1S/C16H20N2O3S/c1-2-3-13(16(20)21)10-18-15(19)14(22)8-11-4-6-12(9-17)7-5-11/h4-7,13-14,22H,2-3,8,10H2,1H3,(H,18,19)(H,20,21). The van der Waals surface area contributed by atoms with E-state index in [4.69, 9.17) is 10.4 Å². The van der Waals surface area contributed by atoms with Gasteiger partial charge < -0.3 is 10.4 Å². The second-order valence-corrected chi connectivity index (χ2v) is 5.72. The average Bonchev–Trinajstić information content (AvgIpc) is 2.51. The Morgan fingerprint density at radius 3 is 2.50 bits per heavy atom. The average molecular weight is 320 g/mol. The Bertz CT molecular complexity index is 552. The number of rotatable bonds is 8.